The van der Waals surface area contributed by atoms with Crippen LogP contribution in [0.2, 0.25) is 0 Å². The van der Waals surface area contributed by atoms with Gasteiger partial charge in [-0.15, -0.1) is 0 Å². The highest BCUT2D eigenvalue weighted by Gasteiger charge is 2.52. The molecular formula is C15H24BNO4S. The molecule has 0 atom stereocenters. The third-order valence-electron chi connectivity index (χ3n) is 4.39. The van der Waals surface area contributed by atoms with Gasteiger partial charge in [0.05, 0.1) is 17.5 Å². The fraction of sp³-hybridized carbons (Fsp3) is 0.600. The average Bonchev–Trinajstić information content (AvgIpc) is 2.56. The summed E-state index contributed by atoms with van der Waals surface area (Å²) in [6.07, 6.45) is 1.15. The van der Waals surface area contributed by atoms with Crippen molar-refractivity contribution >= 4 is 22.6 Å². The molecule has 1 heterocycles. The van der Waals surface area contributed by atoms with Crippen molar-refractivity contribution < 1.29 is 17.7 Å². The van der Waals surface area contributed by atoms with E-state index in [0.717, 1.165) is 22.8 Å². The van der Waals surface area contributed by atoms with Gasteiger partial charge in [-0.1, -0.05) is 23.8 Å². The summed E-state index contributed by atoms with van der Waals surface area (Å²) in [6, 6.07) is 5.80. The first-order chi connectivity index (χ1) is 9.91. The zero-order chi connectivity index (χ0) is 16.8. The van der Waals surface area contributed by atoms with Crippen LogP contribution >= 0.6 is 0 Å². The molecule has 7 heteroatoms. The Labute approximate surface area is 133 Å². The van der Waals surface area contributed by atoms with E-state index in [0.29, 0.717) is 0 Å². The Morgan fingerprint density at radius 3 is 2.18 bits per heavy atom. The number of sulfonamides is 1. The van der Waals surface area contributed by atoms with Crippen LogP contribution in [-0.2, 0) is 25.9 Å². The Bertz CT molecular complexity index is 654. The lowest BCUT2D eigenvalue weighted by Crippen LogP contribution is -2.41. The van der Waals surface area contributed by atoms with Crippen LogP contribution in [0.4, 0.5) is 0 Å². The molecule has 0 radical (unpaired) electrons. The molecule has 22 heavy (non-hydrogen) atoms. The molecule has 1 N–H and O–H groups in total. The monoisotopic (exact) mass is 325 g/mol. The molecule has 1 aromatic carbocycles. The second kappa shape index (κ2) is 5.63. The molecule has 122 valence electrons. The summed E-state index contributed by atoms with van der Waals surface area (Å²) in [5, 5.41) is 0. The number of hydrogen-bond acceptors (Lipinski definition) is 4. The van der Waals surface area contributed by atoms with E-state index in [1.807, 2.05) is 52.8 Å². The first kappa shape index (κ1) is 17.5. The highest BCUT2D eigenvalue weighted by Crippen LogP contribution is 2.36. The molecule has 0 saturated carbocycles. The maximum absolute atomic E-state index is 11.2. The van der Waals surface area contributed by atoms with E-state index in [1.165, 1.54) is 0 Å². The predicted molar refractivity (Wildman–Crippen MR) is 88.6 cm³/mol. The van der Waals surface area contributed by atoms with Crippen molar-refractivity contribution in [2.24, 2.45) is 0 Å². The van der Waals surface area contributed by atoms with E-state index < -0.39 is 28.3 Å². The van der Waals surface area contributed by atoms with Crippen LogP contribution in [0.3, 0.4) is 0 Å². The molecule has 0 unspecified atom stereocenters. The van der Waals surface area contributed by atoms with Crippen LogP contribution in [0.1, 0.15) is 38.8 Å². The second-order valence-corrected chi connectivity index (χ2v) is 8.71. The molecule has 2 rings (SSSR count). The van der Waals surface area contributed by atoms with Gasteiger partial charge in [-0.3, -0.25) is 0 Å². The number of nitrogens with one attached hydrogen (secondary N) is 1. The van der Waals surface area contributed by atoms with E-state index in [-0.39, 0.29) is 6.54 Å². The summed E-state index contributed by atoms with van der Waals surface area (Å²) in [6.45, 7) is 10.3. The van der Waals surface area contributed by atoms with Gasteiger partial charge in [-0.25, -0.2) is 13.1 Å². The van der Waals surface area contributed by atoms with Crippen molar-refractivity contribution in [3.8, 4) is 0 Å². The zero-order valence-corrected chi connectivity index (χ0v) is 14.9. The van der Waals surface area contributed by atoms with Crippen molar-refractivity contribution in [3.63, 3.8) is 0 Å². The Morgan fingerprint density at radius 1 is 1.14 bits per heavy atom. The molecule has 0 aliphatic carbocycles. The second-order valence-electron chi connectivity index (χ2n) is 6.87. The Kier molecular flexibility index (Phi) is 4.47. The predicted octanol–water partition coefficient (Wildman–Crippen LogP) is 1.34. The van der Waals surface area contributed by atoms with Crippen LogP contribution in [0, 0.1) is 6.92 Å². The lowest BCUT2D eigenvalue weighted by Gasteiger charge is -2.32. The maximum atomic E-state index is 11.2. The standard InChI is InChI=1S/C15H24BNO4S/c1-11-7-8-12(10-17-22(6,18)19)9-13(11)16-20-14(2,3)15(4,5)21-16/h7-9,17H,10H2,1-6H3. The largest absolute Gasteiger partial charge is 0.495 e. The first-order valence-corrected chi connectivity index (χ1v) is 9.20. The number of benzene rings is 1. The molecule has 0 aromatic heterocycles. The third kappa shape index (κ3) is 3.71. The Hall–Kier alpha value is -0.885. The van der Waals surface area contributed by atoms with Gasteiger partial charge >= 0.3 is 7.12 Å². The highest BCUT2D eigenvalue weighted by atomic mass is 32.2. The van der Waals surface area contributed by atoms with Gasteiger partial charge in [-0.05, 0) is 45.6 Å². The maximum Gasteiger partial charge on any atom is 0.495 e. The van der Waals surface area contributed by atoms with Crippen LogP contribution in [0.25, 0.3) is 0 Å². The summed E-state index contributed by atoms with van der Waals surface area (Å²) in [4.78, 5) is 0. The Morgan fingerprint density at radius 2 is 1.68 bits per heavy atom. The van der Waals surface area contributed by atoms with Crippen molar-refractivity contribution in [3.05, 3.63) is 29.3 Å². The fourth-order valence-electron chi connectivity index (χ4n) is 2.24. The van der Waals surface area contributed by atoms with Crippen LogP contribution < -0.4 is 10.2 Å². The minimum Gasteiger partial charge on any atom is -0.399 e. The summed E-state index contributed by atoms with van der Waals surface area (Å²) in [5.41, 5.74) is 2.07. The van der Waals surface area contributed by atoms with Gasteiger partial charge in [0.15, 0.2) is 0 Å². The van der Waals surface area contributed by atoms with Crippen molar-refractivity contribution in [2.75, 3.05) is 6.26 Å². The summed E-state index contributed by atoms with van der Waals surface area (Å²) >= 11 is 0. The van der Waals surface area contributed by atoms with E-state index in [2.05, 4.69) is 4.72 Å². The molecule has 0 spiro atoms. The SMILES string of the molecule is Cc1ccc(CNS(C)(=O)=O)cc1B1OC(C)(C)C(C)(C)O1. The highest BCUT2D eigenvalue weighted by molar-refractivity contribution is 7.88. The van der Waals surface area contributed by atoms with Crippen molar-refractivity contribution in [1.82, 2.24) is 4.72 Å². The molecule has 1 aliphatic rings. The summed E-state index contributed by atoms with van der Waals surface area (Å²) in [5.74, 6) is 0. The number of hydrogen-bond donors (Lipinski definition) is 1. The van der Waals surface area contributed by atoms with Gasteiger partial charge in [0, 0.05) is 6.54 Å². The summed E-state index contributed by atoms with van der Waals surface area (Å²) < 4.78 is 37.1. The van der Waals surface area contributed by atoms with E-state index in [9.17, 15) is 8.42 Å². The molecule has 1 aromatic rings. The normalized spacial score (nSPS) is 20.4. The van der Waals surface area contributed by atoms with Crippen molar-refractivity contribution in [1.29, 1.82) is 0 Å². The third-order valence-corrected chi connectivity index (χ3v) is 5.06. The van der Waals surface area contributed by atoms with Gasteiger partial charge in [0.2, 0.25) is 10.0 Å². The first-order valence-electron chi connectivity index (χ1n) is 7.31. The molecule has 1 saturated heterocycles. The minimum atomic E-state index is -3.21. The minimum absolute atomic E-state index is 0.256. The van der Waals surface area contributed by atoms with Crippen LogP contribution in [-0.4, -0.2) is 33.0 Å². The zero-order valence-electron chi connectivity index (χ0n) is 14.1. The molecule has 0 amide bonds. The van der Waals surface area contributed by atoms with Gasteiger partial charge in [0.25, 0.3) is 0 Å². The fourth-order valence-corrected chi connectivity index (χ4v) is 2.67. The smallest absolute Gasteiger partial charge is 0.399 e. The van der Waals surface area contributed by atoms with Crippen LogP contribution in [0.15, 0.2) is 18.2 Å². The number of rotatable bonds is 4. The van der Waals surface area contributed by atoms with Gasteiger partial charge in [0.1, 0.15) is 0 Å². The molecule has 0 bridgehead atoms. The number of aryl methyl sites for hydroxylation is 1. The van der Waals surface area contributed by atoms with Crippen LogP contribution in [0.5, 0.6) is 0 Å². The Balaban J connectivity index is 2.25. The van der Waals surface area contributed by atoms with E-state index in [1.54, 1.807) is 0 Å². The van der Waals surface area contributed by atoms with Gasteiger partial charge in [-0.2, -0.15) is 0 Å². The molecule has 1 aliphatic heterocycles. The van der Waals surface area contributed by atoms with Gasteiger partial charge < -0.3 is 9.31 Å². The van der Waals surface area contributed by atoms with E-state index in [4.69, 9.17) is 9.31 Å². The molecule has 5 nitrogen and oxygen atoms in total. The van der Waals surface area contributed by atoms with Crippen molar-refractivity contribution in [2.45, 2.75) is 52.4 Å². The lowest BCUT2D eigenvalue weighted by molar-refractivity contribution is 0.00578. The molecular weight excluding hydrogens is 301 g/mol. The van der Waals surface area contributed by atoms with E-state index >= 15 is 0 Å². The topological polar surface area (TPSA) is 64.6 Å². The average molecular weight is 325 g/mol. The lowest BCUT2D eigenvalue weighted by atomic mass is 9.75. The quantitative estimate of drug-likeness (QED) is 0.849. The summed E-state index contributed by atoms with van der Waals surface area (Å²) in [7, 11) is -3.66. The molecule has 1 fully saturated rings.